The van der Waals surface area contributed by atoms with Crippen LogP contribution in [0.2, 0.25) is 0 Å². The van der Waals surface area contributed by atoms with E-state index in [1.807, 2.05) is 13.8 Å². The fraction of sp³-hybridized carbons (Fsp3) is 0.182. The van der Waals surface area contributed by atoms with E-state index in [4.69, 9.17) is 33.9 Å². The van der Waals surface area contributed by atoms with Crippen molar-refractivity contribution in [3.8, 4) is 11.5 Å². The van der Waals surface area contributed by atoms with Crippen molar-refractivity contribution in [3.63, 3.8) is 0 Å². The number of amides is 2. The van der Waals surface area contributed by atoms with Crippen LogP contribution in [0.4, 0.5) is 11.4 Å². The van der Waals surface area contributed by atoms with E-state index in [1.54, 1.807) is 48.5 Å². The molecule has 0 aliphatic carbocycles. The van der Waals surface area contributed by atoms with Gasteiger partial charge in [0.05, 0.1) is 34.4 Å². The normalized spacial score (nSPS) is 18.7. The maximum absolute atomic E-state index is 13.2. The van der Waals surface area contributed by atoms with Crippen molar-refractivity contribution in [1.29, 1.82) is 0 Å². The quantitative estimate of drug-likeness (QED) is 0.398. The highest BCUT2D eigenvalue weighted by molar-refractivity contribution is 8.30. The van der Waals surface area contributed by atoms with E-state index in [0.29, 0.717) is 44.7 Å². The number of rotatable bonds is 6. The van der Waals surface area contributed by atoms with Gasteiger partial charge >= 0.3 is 0 Å². The molecule has 0 spiro atoms. The summed E-state index contributed by atoms with van der Waals surface area (Å²) in [5.74, 6) is 0.739. The first-order chi connectivity index (χ1) is 15.4. The summed E-state index contributed by atoms with van der Waals surface area (Å²) in [7, 11) is 0. The Labute approximate surface area is 204 Å². The van der Waals surface area contributed by atoms with Gasteiger partial charge < -0.3 is 9.47 Å². The first-order valence-corrected chi connectivity index (χ1v) is 12.2. The highest BCUT2D eigenvalue weighted by Gasteiger charge is 2.43. The van der Waals surface area contributed by atoms with Gasteiger partial charge in [-0.05, 0) is 62.4 Å². The van der Waals surface area contributed by atoms with Gasteiger partial charge in [0.2, 0.25) is 0 Å². The lowest BCUT2D eigenvalue weighted by Gasteiger charge is -2.15. The Balaban J connectivity index is 1.61. The Morgan fingerprint density at radius 1 is 0.688 bits per heavy atom. The molecule has 0 bridgehead atoms. The van der Waals surface area contributed by atoms with Crippen LogP contribution in [0.3, 0.4) is 0 Å². The summed E-state index contributed by atoms with van der Waals surface area (Å²) in [6.07, 6.45) is 0. The summed E-state index contributed by atoms with van der Waals surface area (Å²) in [4.78, 5) is 29.8. The van der Waals surface area contributed by atoms with Gasteiger partial charge in [-0.15, -0.1) is 0 Å². The summed E-state index contributed by atoms with van der Waals surface area (Å²) >= 11 is 13.1. The summed E-state index contributed by atoms with van der Waals surface area (Å²) in [5.41, 5.74) is 1.24. The molecule has 0 aromatic heterocycles. The number of nitrogens with zero attached hydrogens (tertiary/aromatic N) is 2. The monoisotopic (exact) mass is 502 g/mol. The molecule has 0 N–H and O–H groups in total. The van der Waals surface area contributed by atoms with E-state index in [0.717, 1.165) is 23.5 Å². The van der Waals surface area contributed by atoms with Crippen molar-refractivity contribution in [1.82, 2.24) is 0 Å². The fourth-order valence-corrected chi connectivity index (χ4v) is 5.92. The van der Waals surface area contributed by atoms with Crippen molar-refractivity contribution in [2.75, 3.05) is 23.0 Å². The first kappa shape index (κ1) is 22.8. The molecule has 2 saturated heterocycles. The minimum atomic E-state index is -0.337. The van der Waals surface area contributed by atoms with E-state index >= 15 is 0 Å². The van der Waals surface area contributed by atoms with Crippen LogP contribution < -0.4 is 19.3 Å². The zero-order valence-corrected chi connectivity index (χ0v) is 20.5. The number of benzene rings is 2. The predicted octanol–water partition coefficient (Wildman–Crippen LogP) is 5.13. The average Bonchev–Trinajstić information content (AvgIpc) is 3.24. The van der Waals surface area contributed by atoms with Crippen LogP contribution in [0.25, 0.3) is 0 Å². The second kappa shape index (κ2) is 9.62. The third-order valence-corrected chi connectivity index (χ3v) is 7.43. The SMILES string of the molecule is CCOc1ccc(N2C(=O)/C(=C3\SC(=S)N(c4ccc(OCC)cc4)C3=O)SC2=S)cc1. The lowest BCUT2D eigenvalue weighted by atomic mass is 10.2. The second-order valence-electron chi connectivity index (χ2n) is 6.53. The van der Waals surface area contributed by atoms with Crippen molar-refractivity contribution in [2.24, 2.45) is 0 Å². The molecule has 2 fully saturated rings. The van der Waals surface area contributed by atoms with Crippen LogP contribution in [0.5, 0.6) is 11.5 Å². The number of carbonyl (C=O) groups is 2. The number of thioether (sulfide) groups is 2. The molecule has 2 amide bonds. The zero-order chi connectivity index (χ0) is 22.8. The molecule has 0 atom stereocenters. The van der Waals surface area contributed by atoms with Gasteiger partial charge in [-0.3, -0.25) is 19.4 Å². The number of anilines is 2. The molecule has 2 aromatic carbocycles. The molecule has 32 heavy (non-hydrogen) atoms. The van der Waals surface area contributed by atoms with Gasteiger partial charge in [0.1, 0.15) is 11.5 Å². The van der Waals surface area contributed by atoms with Gasteiger partial charge in [0, 0.05) is 0 Å². The van der Waals surface area contributed by atoms with E-state index in [-0.39, 0.29) is 21.6 Å². The number of hydrogen-bond acceptors (Lipinski definition) is 8. The predicted molar refractivity (Wildman–Crippen MR) is 138 cm³/mol. The maximum atomic E-state index is 13.2. The fourth-order valence-electron chi connectivity index (χ4n) is 3.17. The summed E-state index contributed by atoms with van der Waals surface area (Å²) < 4.78 is 11.6. The lowest BCUT2D eigenvalue weighted by Crippen LogP contribution is -2.29. The molecule has 164 valence electrons. The Morgan fingerprint density at radius 2 is 1.03 bits per heavy atom. The van der Waals surface area contributed by atoms with Gasteiger partial charge in [-0.1, -0.05) is 48.0 Å². The zero-order valence-electron chi connectivity index (χ0n) is 17.2. The largest absolute Gasteiger partial charge is 0.494 e. The van der Waals surface area contributed by atoms with Crippen molar-refractivity contribution < 1.29 is 19.1 Å². The number of hydrogen-bond donors (Lipinski definition) is 0. The van der Waals surface area contributed by atoms with E-state index < -0.39 is 0 Å². The minimum Gasteiger partial charge on any atom is -0.494 e. The van der Waals surface area contributed by atoms with Crippen LogP contribution in [0.15, 0.2) is 58.3 Å². The Kier molecular flexibility index (Phi) is 6.85. The van der Waals surface area contributed by atoms with E-state index in [1.165, 1.54) is 9.80 Å². The lowest BCUT2D eigenvalue weighted by molar-refractivity contribution is -0.115. The molecule has 2 aliphatic rings. The van der Waals surface area contributed by atoms with Crippen molar-refractivity contribution in [2.45, 2.75) is 13.8 Å². The first-order valence-electron chi connectivity index (χ1n) is 9.77. The smallest absolute Gasteiger partial charge is 0.272 e. The Morgan fingerprint density at radius 3 is 1.34 bits per heavy atom. The standard InChI is InChI=1S/C22H18N2O4S4/c1-3-27-15-9-5-13(6-10-15)23-19(25)17(31-21(23)29)18-20(26)24(22(30)32-18)14-7-11-16(12-8-14)28-4-2/h5-12H,3-4H2,1-2H3/b18-17+. The van der Waals surface area contributed by atoms with Crippen LogP contribution >= 0.6 is 48.0 Å². The summed E-state index contributed by atoms with van der Waals surface area (Å²) in [6.45, 7) is 4.91. The molecule has 10 heteroatoms. The third kappa shape index (κ3) is 4.27. The topological polar surface area (TPSA) is 59.1 Å². The van der Waals surface area contributed by atoms with Gasteiger partial charge in [-0.25, -0.2) is 0 Å². The van der Waals surface area contributed by atoms with Crippen molar-refractivity contribution >= 4 is 79.8 Å². The molecule has 2 aliphatic heterocycles. The molecule has 6 nitrogen and oxygen atoms in total. The van der Waals surface area contributed by atoms with Crippen LogP contribution in [-0.4, -0.2) is 33.7 Å². The molecule has 2 heterocycles. The molecular formula is C22H18N2O4S4. The molecule has 0 saturated carbocycles. The molecule has 0 unspecified atom stereocenters. The Hall–Kier alpha value is -2.40. The Bertz CT molecular complexity index is 1040. The van der Waals surface area contributed by atoms with Crippen LogP contribution in [0, 0.1) is 0 Å². The van der Waals surface area contributed by atoms with E-state index in [9.17, 15) is 9.59 Å². The number of thiocarbonyl (C=S) groups is 2. The number of ether oxygens (including phenoxy) is 2. The molecule has 0 radical (unpaired) electrons. The van der Waals surface area contributed by atoms with Gasteiger partial charge in [0.25, 0.3) is 11.8 Å². The molecule has 4 rings (SSSR count). The number of carbonyl (C=O) groups excluding carboxylic acids is 2. The third-order valence-electron chi connectivity index (χ3n) is 4.56. The summed E-state index contributed by atoms with van der Waals surface area (Å²) in [6, 6.07) is 14.2. The average molecular weight is 503 g/mol. The van der Waals surface area contributed by atoms with Crippen LogP contribution in [-0.2, 0) is 9.59 Å². The second-order valence-corrected chi connectivity index (χ2v) is 9.82. The highest BCUT2D eigenvalue weighted by atomic mass is 32.2. The van der Waals surface area contributed by atoms with Crippen molar-refractivity contribution in [3.05, 3.63) is 58.3 Å². The summed E-state index contributed by atoms with van der Waals surface area (Å²) in [5, 5.41) is 0. The highest BCUT2D eigenvalue weighted by Crippen LogP contribution is 2.44. The van der Waals surface area contributed by atoms with Gasteiger partial charge in [0.15, 0.2) is 8.64 Å². The molecular weight excluding hydrogens is 485 g/mol. The van der Waals surface area contributed by atoms with Crippen LogP contribution in [0.1, 0.15) is 13.8 Å². The molecule has 2 aromatic rings. The maximum Gasteiger partial charge on any atom is 0.272 e. The van der Waals surface area contributed by atoms with E-state index in [2.05, 4.69) is 0 Å². The van der Waals surface area contributed by atoms with Gasteiger partial charge in [-0.2, -0.15) is 0 Å². The minimum absolute atomic E-state index is 0.287.